The number of halogens is 2. The van der Waals surface area contributed by atoms with Crippen LogP contribution in [0.25, 0.3) is 0 Å². The van der Waals surface area contributed by atoms with E-state index in [2.05, 4.69) is 6.92 Å². The molecule has 10 heavy (non-hydrogen) atoms. The lowest BCUT2D eigenvalue weighted by molar-refractivity contribution is 0.636. The minimum absolute atomic E-state index is 0.222. The number of hydrogen-bond acceptors (Lipinski definition) is 0. The Morgan fingerprint density at radius 2 is 1.90 bits per heavy atom. The van der Waals surface area contributed by atoms with Crippen LogP contribution in [0.2, 0.25) is 0 Å². The Hall–Kier alpha value is 0.580. The molecule has 0 bridgehead atoms. The molecule has 0 heterocycles. The van der Waals surface area contributed by atoms with Crippen LogP contribution < -0.4 is 0 Å². The van der Waals surface area contributed by atoms with Gasteiger partial charge in [-0.1, -0.05) is 19.8 Å². The molecule has 0 aliphatic carbocycles. The van der Waals surface area contributed by atoms with Gasteiger partial charge in [0.25, 0.3) is 0 Å². The van der Waals surface area contributed by atoms with E-state index < -0.39 is 0 Å². The zero-order chi connectivity index (χ0) is 7.98. The molecule has 0 N–H and O–H groups in total. The Morgan fingerprint density at radius 3 is 2.30 bits per heavy atom. The Labute approximate surface area is 73.9 Å². The quantitative estimate of drug-likeness (QED) is 0.568. The Kier molecular flexibility index (Phi) is 6.67. The third kappa shape index (κ3) is 6.70. The fourth-order valence-electron chi connectivity index (χ4n) is 0.896. The topological polar surface area (TPSA) is 0 Å². The smallest absolute Gasteiger partial charge is 0.0350 e. The molecule has 0 saturated heterocycles. The van der Waals surface area contributed by atoms with Crippen molar-refractivity contribution in [2.24, 2.45) is 0 Å². The molecule has 0 aromatic heterocycles. The van der Waals surface area contributed by atoms with E-state index in [0.29, 0.717) is 0 Å². The molecular formula is C8H16Cl2. The number of alkyl halides is 2. The van der Waals surface area contributed by atoms with Crippen molar-refractivity contribution >= 4 is 23.2 Å². The molecule has 0 aliphatic heterocycles. The van der Waals surface area contributed by atoms with E-state index in [0.717, 1.165) is 12.8 Å². The summed E-state index contributed by atoms with van der Waals surface area (Å²) in [7, 11) is 0. The fourth-order valence-corrected chi connectivity index (χ4v) is 1.62. The van der Waals surface area contributed by atoms with E-state index in [-0.39, 0.29) is 10.8 Å². The van der Waals surface area contributed by atoms with E-state index >= 15 is 0 Å². The van der Waals surface area contributed by atoms with Crippen LogP contribution in [0.4, 0.5) is 0 Å². The van der Waals surface area contributed by atoms with Gasteiger partial charge >= 0.3 is 0 Å². The normalized spacial score (nSPS) is 16.8. The van der Waals surface area contributed by atoms with Crippen molar-refractivity contribution in [3.8, 4) is 0 Å². The maximum Gasteiger partial charge on any atom is 0.0350 e. The highest BCUT2D eigenvalue weighted by atomic mass is 35.5. The van der Waals surface area contributed by atoms with Crippen molar-refractivity contribution in [2.45, 2.75) is 50.3 Å². The first-order valence-corrected chi connectivity index (χ1v) is 4.82. The van der Waals surface area contributed by atoms with Gasteiger partial charge in [0.1, 0.15) is 0 Å². The van der Waals surface area contributed by atoms with Gasteiger partial charge in [-0.05, 0) is 19.8 Å². The second-order valence-electron chi connectivity index (χ2n) is 2.76. The van der Waals surface area contributed by atoms with Gasteiger partial charge in [0.2, 0.25) is 0 Å². The SMILES string of the molecule is CCCCC(Cl)CC(C)Cl. The fraction of sp³-hybridized carbons (Fsp3) is 1.00. The van der Waals surface area contributed by atoms with Crippen molar-refractivity contribution in [1.82, 2.24) is 0 Å². The molecule has 0 nitrogen and oxygen atoms in total. The molecule has 0 radical (unpaired) electrons. The van der Waals surface area contributed by atoms with Gasteiger partial charge < -0.3 is 0 Å². The summed E-state index contributed by atoms with van der Waals surface area (Å²) in [5, 5.41) is 0.506. The molecule has 2 atom stereocenters. The van der Waals surface area contributed by atoms with Gasteiger partial charge in [-0.2, -0.15) is 0 Å². The van der Waals surface area contributed by atoms with E-state index in [4.69, 9.17) is 23.2 Å². The average molecular weight is 183 g/mol. The summed E-state index contributed by atoms with van der Waals surface area (Å²) in [5.74, 6) is 0. The van der Waals surface area contributed by atoms with Crippen LogP contribution in [0.3, 0.4) is 0 Å². The first kappa shape index (κ1) is 10.6. The van der Waals surface area contributed by atoms with Crippen molar-refractivity contribution < 1.29 is 0 Å². The molecule has 0 spiro atoms. The summed E-state index contributed by atoms with van der Waals surface area (Å²) >= 11 is 11.7. The summed E-state index contributed by atoms with van der Waals surface area (Å²) in [6.45, 7) is 4.16. The minimum atomic E-state index is 0.222. The van der Waals surface area contributed by atoms with E-state index in [1.807, 2.05) is 6.92 Å². The summed E-state index contributed by atoms with van der Waals surface area (Å²) < 4.78 is 0. The first-order valence-electron chi connectivity index (χ1n) is 3.95. The van der Waals surface area contributed by atoms with Crippen molar-refractivity contribution in [1.29, 1.82) is 0 Å². The van der Waals surface area contributed by atoms with Crippen LogP contribution in [0.1, 0.15) is 39.5 Å². The number of unbranched alkanes of at least 4 members (excludes halogenated alkanes) is 1. The molecule has 0 saturated carbocycles. The molecule has 2 heteroatoms. The minimum Gasteiger partial charge on any atom is -0.123 e. The van der Waals surface area contributed by atoms with Gasteiger partial charge in [0.05, 0.1) is 0 Å². The number of hydrogen-bond donors (Lipinski definition) is 0. The molecule has 0 rings (SSSR count). The molecule has 0 fully saturated rings. The van der Waals surface area contributed by atoms with Gasteiger partial charge in [-0.3, -0.25) is 0 Å². The van der Waals surface area contributed by atoms with Gasteiger partial charge in [0.15, 0.2) is 0 Å². The van der Waals surface area contributed by atoms with Crippen molar-refractivity contribution in [2.75, 3.05) is 0 Å². The zero-order valence-corrected chi connectivity index (χ0v) is 8.25. The van der Waals surface area contributed by atoms with Crippen LogP contribution in [0.5, 0.6) is 0 Å². The van der Waals surface area contributed by atoms with Gasteiger partial charge in [-0.25, -0.2) is 0 Å². The molecular weight excluding hydrogens is 167 g/mol. The lowest BCUT2D eigenvalue weighted by atomic mass is 10.1. The highest BCUT2D eigenvalue weighted by Crippen LogP contribution is 2.15. The van der Waals surface area contributed by atoms with Gasteiger partial charge in [0, 0.05) is 10.8 Å². The molecule has 0 aromatic rings. The monoisotopic (exact) mass is 182 g/mol. The predicted molar refractivity (Wildman–Crippen MR) is 49.1 cm³/mol. The first-order chi connectivity index (χ1) is 4.66. The largest absolute Gasteiger partial charge is 0.123 e. The lowest BCUT2D eigenvalue weighted by Crippen LogP contribution is -2.04. The lowest BCUT2D eigenvalue weighted by Gasteiger charge is -2.08. The van der Waals surface area contributed by atoms with E-state index in [9.17, 15) is 0 Å². The third-order valence-electron chi connectivity index (χ3n) is 1.45. The van der Waals surface area contributed by atoms with E-state index in [1.54, 1.807) is 0 Å². The highest BCUT2D eigenvalue weighted by Gasteiger charge is 2.06. The van der Waals surface area contributed by atoms with Crippen LogP contribution in [0.15, 0.2) is 0 Å². The Bertz CT molecular complexity index is 71.7. The second-order valence-corrected chi connectivity index (χ2v) is 4.12. The maximum atomic E-state index is 5.97. The third-order valence-corrected chi connectivity index (χ3v) is 2.03. The molecule has 62 valence electrons. The summed E-state index contributed by atoms with van der Waals surface area (Å²) in [4.78, 5) is 0. The summed E-state index contributed by atoms with van der Waals surface area (Å²) in [6.07, 6.45) is 4.48. The number of rotatable bonds is 5. The van der Waals surface area contributed by atoms with Crippen LogP contribution >= 0.6 is 23.2 Å². The molecule has 2 unspecified atom stereocenters. The maximum absolute atomic E-state index is 5.97. The molecule has 0 amide bonds. The average Bonchev–Trinajstić information content (AvgIpc) is 1.82. The standard InChI is InChI=1S/C8H16Cl2/c1-3-4-5-8(10)6-7(2)9/h7-8H,3-6H2,1-2H3. The molecule has 0 aromatic carbocycles. The Balaban J connectivity index is 3.16. The molecule has 0 aliphatic rings. The van der Waals surface area contributed by atoms with Crippen molar-refractivity contribution in [3.05, 3.63) is 0 Å². The predicted octanol–water partition coefficient (Wildman–Crippen LogP) is 3.80. The highest BCUT2D eigenvalue weighted by molar-refractivity contribution is 6.23. The zero-order valence-electron chi connectivity index (χ0n) is 6.74. The van der Waals surface area contributed by atoms with Crippen molar-refractivity contribution in [3.63, 3.8) is 0 Å². The van der Waals surface area contributed by atoms with E-state index in [1.165, 1.54) is 12.8 Å². The summed E-state index contributed by atoms with van der Waals surface area (Å²) in [6, 6.07) is 0. The van der Waals surface area contributed by atoms with Gasteiger partial charge in [-0.15, -0.1) is 23.2 Å². The van der Waals surface area contributed by atoms with Crippen LogP contribution in [-0.4, -0.2) is 10.8 Å². The van der Waals surface area contributed by atoms with Crippen LogP contribution in [-0.2, 0) is 0 Å². The summed E-state index contributed by atoms with van der Waals surface area (Å²) in [5.41, 5.74) is 0. The van der Waals surface area contributed by atoms with Crippen LogP contribution in [0, 0.1) is 0 Å². The second kappa shape index (κ2) is 6.30. The Morgan fingerprint density at radius 1 is 1.30 bits per heavy atom.